The SMILES string of the molecule is Cc1c(C)[c-]([Si](C)(CCCCCCOC(C)(C)C)[c-]2c(C)c(C)c3sc4ccccc4c32)c2c1sc1ccccc12.[Cl][Zr+2][Cl]. The molecule has 0 N–H and O–H groups in total. The molecule has 0 amide bonds. The summed E-state index contributed by atoms with van der Waals surface area (Å²) < 4.78 is 11.9. The molecule has 6 aromatic rings. The number of hydrogen-bond acceptors (Lipinski definition) is 3. The fourth-order valence-corrected chi connectivity index (χ4v) is 15.3. The van der Waals surface area contributed by atoms with E-state index in [2.05, 4.69) is 104 Å². The minimum absolute atomic E-state index is 0.0464. The van der Waals surface area contributed by atoms with Crippen molar-refractivity contribution in [2.45, 2.75) is 92.3 Å². The Bertz CT molecular complexity index is 1780. The number of benzene rings is 2. The van der Waals surface area contributed by atoms with Crippen molar-refractivity contribution in [2.75, 3.05) is 6.61 Å². The van der Waals surface area contributed by atoms with Crippen LogP contribution in [0.25, 0.3) is 40.3 Å². The maximum absolute atomic E-state index is 6.02. The molecule has 0 fully saturated rings. The van der Waals surface area contributed by atoms with E-state index < -0.39 is 28.9 Å². The molecule has 0 aliphatic carbocycles. The zero-order valence-corrected chi connectivity index (χ0v) is 33.9. The Balaban J connectivity index is 0.00000123. The number of thiophene rings is 2. The predicted molar refractivity (Wildman–Crippen MR) is 200 cm³/mol. The van der Waals surface area contributed by atoms with Gasteiger partial charge in [-0.15, -0.1) is 43.4 Å². The van der Waals surface area contributed by atoms with Crippen LogP contribution in [0.15, 0.2) is 48.5 Å². The van der Waals surface area contributed by atoms with Crippen LogP contribution in [0.2, 0.25) is 12.6 Å². The number of unbranched alkanes of at least 4 members (excludes halogenated alkanes) is 3. The Labute approximate surface area is 291 Å². The van der Waals surface area contributed by atoms with Crippen LogP contribution >= 0.6 is 39.7 Å². The van der Waals surface area contributed by atoms with E-state index in [1.165, 1.54) is 66.0 Å². The molecule has 0 aliphatic rings. The summed E-state index contributed by atoms with van der Waals surface area (Å²) in [7, 11) is 7.71. The van der Waals surface area contributed by atoms with Gasteiger partial charge >= 0.3 is 37.9 Å². The Morgan fingerprint density at radius 1 is 0.727 bits per heavy atom. The minimum atomic E-state index is -2.16. The fourth-order valence-electron chi connectivity index (χ4n) is 7.27. The first-order valence-corrected chi connectivity index (χ1v) is 26.4. The second kappa shape index (κ2) is 14.1. The van der Waals surface area contributed by atoms with Crippen molar-refractivity contribution in [1.29, 1.82) is 0 Å². The average molecular weight is 759 g/mol. The molecule has 4 aromatic carbocycles. The molecule has 44 heavy (non-hydrogen) atoms. The molecule has 0 saturated carbocycles. The van der Waals surface area contributed by atoms with E-state index in [-0.39, 0.29) is 5.60 Å². The maximum atomic E-state index is 6.02. The molecule has 0 spiro atoms. The Kier molecular flexibility index (Phi) is 11.1. The molecule has 0 unspecified atom stereocenters. The fraction of sp³-hybridized carbons (Fsp3) is 0.405. The van der Waals surface area contributed by atoms with E-state index >= 15 is 0 Å². The van der Waals surface area contributed by atoms with Crippen molar-refractivity contribution in [3.05, 3.63) is 70.8 Å². The van der Waals surface area contributed by atoms with Crippen LogP contribution < -0.4 is 10.4 Å². The first kappa shape index (κ1) is 34.6. The third kappa shape index (κ3) is 6.51. The molecule has 2 heterocycles. The Morgan fingerprint density at radius 3 is 1.61 bits per heavy atom. The number of halogens is 2. The van der Waals surface area contributed by atoms with Crippen molar-refractivity contribution < 1.29 is 25.6 Å². The number of fused-ring (bicyclic) bond motifs is 6. The third-order valence-corrected chi connectivity index (χ3v) is 16.8. The molecule has 0 radical (unpaired) electrons. The molecule has 7 heteroatoms. The van der Waals surface area contributed by atoms with E-state index in [0.29, 0.717) is 0 Å². The van der Waals surface area contributed by atoms with Crippen LogP contribution in [0.1, 0.15) is 68.7 Å². The second-order valence-electron chi connectivity index (χ2n) is 13.4. The summed E-state index contributed by atoms with van der Waals surface area (Å²) in [6.07, 6.45) is 4.94. The number of ether oxygens (including phenoxy) is 1. The van der Waals surface area contributed by atoms with Gasteiger partial charge in [-0.1, -0.05) is 128 Å². The summed E-state index contributed by atoms with van der Waals surface area (Å²) in [5, 5.41) is 9.49. The number of rotatable bonds is 9. The first-order chi connectivity index (χ1) is 20.9. The molecular formula is C37H44Cl2OS2SiZr. The molecule has 6 rings (SSSR count). The summed E-state index contributed by atoms with van der Waals surface area (Å²) in [6, 6.07) is 19.5. The van der Waals surface area contributed by atoms with Gasteiger partial charge in [0.2, 0.25) is 0 Å². The van der Waals surface area contributed by atoms with Crippen LogP contribution in [-0.2, 0) is 25.6 Å². The molecule has 0 atom stereocenters. The van der Waals surface area contributed by atoms with E-state index in [0.717, 1.165) is 13.0 Å². The molecule has 0 aliphatic heterocycles. The van der Waals surface area contributed by atoms with E-state index in [1.807, 2.05) is 22.7 Å². The Hall–Kier alpha value is -0.780. The first-order valence-electron chi connectivity index (χ1n) is 15.7. The molecule has 2 aromatic heterocycles. The Morgan fingerprint density at radius 2 is 1.16 bits per heavy atom. The predicted octanol–water partition coefficient (Wildman–Crippen LogP) is 12.0. The van der Waals surface area contributed by atoms with Crippen molar-refractivity contribution in [2.24, 2.45) is 0 Å². The van der Waals surface area contributed by atoms with Gasteiger partial charge in [0.15, 0.2) is 0 Å². The topological polar surface area (TPSA) is 9.23 Å². The summed E-state index contributed by atoms with van der Waals surface area (Å²) >= 11 is 3.18. The van der Waals surface area contributed by atoms with Crippen molar-refractivity contribution in [1.82, 2.24) is 0 Å². The molecule has 0 saturated heterocycles. The number of aryl methyl sites for hydroxylation is 2. The van der Waals surface area contributed by atoms with E-state index in [1.54, 1.807) is 32.3 Å². The van der Waals surface area contributed by atoms with Gasteiger partial charge in [0.05, 0.1) is 5.60 Å². The van der Waals surface area contributed by atoms with Crippen LogP contribution in [0.3, 0.4) is 0 Å². The quantitative estimate of drug-likeness (QED) is 0.0810. The monoisotopic (exact) mass is 756 g/mol. The standard InChI is InChI=1S/C37H44OS2Si.2ClH.Zr/c1-23-25(3)35(31-27-17-11-13-19-29(27)39-33(23)31)41(8,22-16-10-9-15-21-38-37(5,6)7)36-26(4)24(2)34-32(36)28-18-12-14-20-30(28)40-34;;;/h11-14,17-20H,9-10,15-16,21-22H2,1-8H3;2*1H;/q-2;;;+4/p-2. The van der Waals surface area contributed by atoms with Gasteiger partial charge in [-0.2, -0.15) is 0 Å². The zero-order chi connectivity index (χ0) is 31.8. The van der Waals surface area contributed by atoms with Gasteiger partial charge in [0.1, 0.15) is 0 Å². The zero-order valence-electron chi connectivity index (χ0n) is 27.3. The van der Waals surface area contributed by atoms with Crippen LogP contribution in [0.5, 0.6) is 0 Å². The van der Waals surface area contributed by atoms with Gasteiger partial charge < -0.3 is 4.74 Å². The van der Waals surface area contributed by atoms with Crippen LogP contribution in [0.4, 0.5) is 0 Å². The van der Waals surface area contributed by atoms with Gasteiger partial charge in [-0.3, -0.25) is 0 Å². The molecule has 1 nitrogen and oxygen atoms in total. The normalized spacial score (nSPS) is 12.4. The van der Waals surface area contributed by atoms with Crippen LogP contribution in [0, 0.1) is 27.7 Å². The van der Waals surface area contributed by atoms with Gasteiger partial charge in [0, 0.05) is 14.7 Å². The van der Waals surface area contributed by atoms with E-state index in [4.69, 9.17) is 21.8 Å². The average Bonchev–Trinajstić information content (AvgIpc) is 3.68. The second-order valence-corrected chi connectivity index (χ2v) is 23.4. The van der Waals surface area contributed by atoms with Gasteiger partial charge in [0.25, 0.3) is 0 Å². The van der Waals surface area contributed by atoms with Crippen molar-refractivity contribution in [3.8, 4) is 0 Å². The summed E-state index contributed by atoms with van der Waals surface area (Å²) in [6.45, 7) is 19.6. The molecule has 232 valence electrons. The number of hydrogen-bond donors (Lipinski definition) is 0. The summed E-state index contributed by atoms with van der Waals surface area (Å²) in [5.74, 6) is 0. The van der Waals surface area contributed by atoms with Crippen LogP contribution in [-0.4, -0.2) is 20.3 Å². The third-order valence-electron chi connectivity index (χ3n) is 9.46. The van der Waals surface area contributed by atoms with E-state index in [9.17, 15) is 0 Å². The van der Waals surface area contributed by atoms with Crippen molar-refractivity contribution in [3.63, 3.8) is 0 Å². The van der Waals surface area contributed by atoms with Gasteiger partial charge in [-0.25, -0.2) is 22.7 Å². The van der Waals surface area contributed by atoms with Gasteiger partial charge in [-0.05, 0) is 36.6 Å². The molecule has 0 bridgehead atoms. The summed E-state index contributed by atoms with van der Waals surface area (Å²) in [4.78, 5) is 0. The molecular weight excluding hydrogens is 715 g/mol. The van der Waals surface area contributed by atoms with Crippen molar-refractivity contribution >= 4 is 98.5 Å². The summed E-state index contributed by atoms with van der Waals surface area (Å²) in [5.41, 5.74) is 6.06.